The van der Waals surface area contributed by atoms with Crippen molar-refractivity contribution in [2.75, 3.05) is 5.75 Å². The van der Waals surface area contributed by atoms with E-state index in [2.05, 4.69) is 15.9 Å². The molecule has 0 bridgehead atoms. The summed E-state index contributed by atoms with van der Waals surface area (Å²) in [6, 6.07) is 5.79. The Bertz CT molecular complexity index is 736. The van der Waals surface area contributed by atoms with E-state index in [0.717, 1.165) is 26.5 Å². The van der Waals surface area contributed by atoms with Crippen molar-refractivity contribution >= 4 is 47.2 Å². The molecular formula is C14H15BrO3S2. The second kappa shape index (κ2) is 5.40. The Labute approximate surface area is 130 Å². The van der Waals surface area contributed by atoms with Crippen molar-refractivity contribution in [2.45, 2.75) is 30.6 Å². The quantitative estimate of drug-likeness (QED) is 0.872. The van der Waals surface area contributed by atoms with E-state index in [1.54, 1.807) is 0 Å². The van der Waals surface area contributed by atoms with Gasteiger partial charge in [0, 0.05) is 14.7 Å². The van der Waals surface area contributed by atoms with Crippen LogP contribution in [-0.2, 0) is 9.84 Å². The van der Waals surface area contributed by atoms with Crippen LogP contribution in [0, 0.1) is 0 Å². The second-order valence-electron chi connectivity index (χ2n) is 5.15. The monoisotopic (exact) mass is 374 g/mol. The molecule has 20 heavy (non-hydrogen) atoms. The Morgan fingerprint density at radius 2 is 2.15 bits per heavy atom. The molecule has 0 spiro atoms. The number of halogens is 1. The fourth-order valence-corrected chi connectivity index (χ4v) is 6.43. The molecular weight excluding hydrogens is 360 g/mol. The highest BCUT2D eigenvalue weighted by atomic mass is 79.9. The van der Waals surface area contributed by atoms with E-state index in [-0.39, 0.29) is 5.75 Å². The number of aliphatic hydroxyl groups is 1. The van der Waals surface area contributed by atoms with E-state index in [1.807, 2.05) is 23.6 Å². The van der Waals surface area contributed by atoms with Gasteiger partial charge in [-0.3, -0.25) is 0 Å². The minimum absolute atomic E-state index is 0.195. The molecule has 2 atom stereocenters. The molecule has 6 heteroatoms. The maximum absolute atomic E-state index is 12.2. The first kappa shape index (κ1) is 14.5. The summed E-state index contributed by atoms with van der Waals surface area (Å²) in [6.45, 7) is 0. The molecule has 0 aliphatic carbocycles. The maximum atomic E-state index is 12.2. The zero-order chi connectivity index (χ0) is 14.3. The van der Waals surface area contributed by atoms with Crippen LogP contribution in [0.2, 0.25) is 0 Å². The molecule has 3 rings (SSSR count). The van der Waals surface area contributed by atoms with E-state index >= 15 is 0 Å². The molecule has 1 aliphatic rings. The molecule has 1 aromatic heterocycles. The van der Waals surface area contributed by atoms with Gasteiger partial charge < -0.3 is 5.11 Å². The highest BCUT2D eigenvalue weighted by molar-refractivity contribution is 9.10. The van der Waals surface area contributed by atoms with Gasteiger partial charge in [0.1, 0.15) is 0 Å². The van der Waals surface area contributed by atoms with E-state index in [4.69, 9.17) is 0 Å². The number of aliphatic hydroxyl groups excluding tert-OH is 1. The zero-order valence-corrected chi connectivity index (χ0v) is 14.0. The van der Waals surface area contributed by atoms with E-state index < -0.39 is 21.2 Å². The van der Waals surface area contributed by atoms with Gasteiger partial charge in [0.15, 0.2) is 9.84 Å². The first-order chi connectivity index (χ1) is 9.50. The van der Waals surface area contributed by atoms with Crippen molar-refractivity contribution < 1.29 is 13.5 Å². The number of sulfone groups is 1. The van der Waals surface area contributed by atoms with Crippen molar-refractivity contribution in [3.8, 4) is 0 Å². The zero-order valence-electron chi connectivity index (χ0n) is 10.8. The lowest BCUT2D eigenvalue weighted by molar-refractivity contribution is 0.166. The predicted molar refractivity (Wildman–Crippen MR) is 85.9 cm³/mol. The van der Waals surface area contributed by atoms with Gasteiger partial charge in [-0.1, -0.05) is 18.6 Å². The van der Waals surface area contributed by atoms with Crippen LogP contribution in [0.4, 0.5) is 0 Å². The van der Waals surface area contributed by atoms with Crippen molar-refractivity contribution in [1.29, 1.82) is 0 Å². The Morgan fingerprint density at radius 1 is 1.35 bits per heavy atom. The van der Waals surface area contributed by atoms with E-state index in [0.29, 0.717) is 12.8 Å². The van der Waals surface area contributed by atoms with Gasteiger partial charge in [-0.15, -0.1) is 11.3 Å². The van der Waals surface area contributed by atoms with Crippen LogP contribution in [0.1, 0.15) is 30.9 Å². The van der Waals surface area contributed by atoms with Gasteiger partial charge in [-0.05, 0) is 45.6 Å². The first-order valence-corrected chi connectivity index (χ1v) is 9.95. The summed E-state index contributed by atoms with van der Waals surface area (Å²) in [5.74, 6) is 0.195. The van der Waals surface area contributed by atoms with Gasteiger partial charge >= 0.3 is 0 Å². The summed E-state index contributed by atoms with van der Waals surface area (Å²) in [7, 11) is -3.18. The minimum Gasteiger partial charge on any atom is -0.387 e. The van der Waals surface area contributed by atoms with Crippen molar-refractivity contribution in [3.63, 3.8) is 0 Å². The summed E-state index contributed by atoms with van der Waals surface area (Å²) >= 11 is 5.02. The molecule has 1 aromatic carbocycles. The number of thiophene rings is 1. The van der Waals surface area contributed by atoms with Crippen molar-refractivity contribution in [3.05, 3.63) is 33.6 Å². The molecule has 3 nitrogen and oxygen atoms in total. The first-order valence-electron chi connectivity index (χ1n) is 6.56. The summed E-state index contributed by atoms with van der Waals surface area (Å²) < 4.78 is 26.3. The Kier molecular flexibility index (Phi) is 3.92. The summed E-state index contributed by atoms with van der Waals surface area (Å²) in [5.41, 5.74) is 0.738. The van der Waals surface area contributed by atoms with Crippen LogP contribution in [0.3, 0.4) is 0 Å². The molecule has 108 valence electrons. The summed E-state index contributed by atoms with van der Waals surface area (Å²) in [6.07, 6.45) is 1.20. The van der Waals surface area contributed by atoms with Crippen LogP contribution in [0.25, 0.3) is 10.1 Å². The Morgan fingerprint density at radius 3 is 2.90 bits per heavy atom. The van der Waals surface area contributed by atoms with Gasteiger partial charge in [-0.2, -0.15) is 0 Å². The number of rotatable bonds is 2. The number of benzene rings is 1. The topological polar surface area (TPSA) is 54.4 Å². The fraction of sp³-hybridized carbons (Fsp3) is 0.429. The Balaban J connectivity index is 2.04. The number of fused-ring (bicyclic) bond motifs is 1. The SMILES string of the molecule is O=S1(=O)CCCCC1C(O)c1csc2c(Br)cccc12. The smallest absolute Gasteiger partial charge is 0.156 e. The van der Waals surface area contributed by atoms with Gasteiger partial charge in [-0.25, -0.2) is 8.42 Å². The van der Waals surface area contributed by atoms with Crippen molar-refractivity contribution in [1.82, 2.24) is 0 Å². The lowest BCUT2D eigenvalue weighted by atomic mass is 10.0. The molecule has 2 aromatic rings. The number of hydrogen-bond acceptors (Lipinski definition) is 4. The van der Waals surface area contributed by atoms with E-state index in [1.165, 1.54) is 11.3 Å². The summed E-state index contributed by atoms with van der Waals surface area (Å²) in [5, 5.41) is 12.7. The largest absolute Gasteiger partial charge is 0.387 e. The molecule has 1 saturated heterocycles. The lowest BCUT2D eigenvalue weighted by Gasteiger charge is -2.26. The molecule has 2 unspecified atom stereocenters. The average Bonchev–Trinajstić information content (AvgIpc) is 2.83. The third-order valence-electron chi connectivity index (χ3n) is 3.88. The van der Waals surface area contributed by atoms with Crippen LogP contribution >= 0.6 is 27.3 Å². The molecule has 1 fully saturated rings. The minimum atomic E-state index is -3.18. The van der Waals surface area contributed by atoms with E-state index in [9.17, 15) is 13.5 Å². The molecule has 0 amide bonds. The van der Waals surface area contributed by atoms with Crippen LogP contribution < -0.4 is 0 Å². The predicted octanol–water partition coefficient (Wildman–Crippen LogP) is 3.66. The van der Waals surface area contributed by atoms with Crippen LogP contribution in [-0.4, -0.2) is 24.5 Å². The maximum Gasteiger partial charge on any atom is 0.156 e. The van der Waals surface area contributed by atoms with Crippen molar-refractivity contribution in [2.24, 2.45) is 0 Å². The lowest BCUT2D eigenvalue weighted by Crippen LogP contribution is -2.33. The fourth-order valence-electron chi connectivity index (χ4n) is 2.81. The third-order valence-corrected chi connectivity index (χ3v) is 8.13. The molecule has 1 N–H and O–H groups in total. The summed E-state index contributed by atoms with van der Waals surface area (Å²) in [4.78, 5) is 0. The average molecular weight is 375 g/mol. The molecule has 0 saturated carbocycles. The standard InChI is InChI=1S/C14H15BrO3S2/c15-11-5-3-4-9-10(8-19-14(9)11)13(16)12-6-1-2-7-20(12,17)18/h3-5,8,12-13,16H,1-2,6-7H2. The molecule has 0 radical (unpaired) electrons. The third kappa shape index (κ3) is 2.43. The highest BCUT2D eigenvalue weighted by Gasteiger charge is 2.36. The second-order valence-corrected chi connectivity index (χ2v) is 9.23. The van der Waals surface area contributed by atoms with Gasteiger partial charge in [0.2, 0.25) is 0 Å². The van der Waals surface area contributed by atoms with Crippen LogP contribution in [0.5, 0.6) is 0 Å². The van der Waals surface area contributed by atoms with Gasteiger partial charge in [0.05, 0.1) is 17.1 Å². The van der Waals surface area contributed by atoms with Gasteiger partial charge in [0.25, 0.3) is 0 Å². The molecule has 1 aliphatic heterocycles. The normalized spacial score (nSPS) is 23.8. The number of hydrogen-bond donors (Lipinski definition) is 1. The molecule has 2 heterocycles. The highest BCUT2D eigenvalue weighted by Crippen LogP contribution is 2.39. The Hall–Kier alpha value is -0.430. The van der Waals surface area contributed by atoms with Crippen LogP contribution in [0.15, 0.2) is 28.1 Å².